The minimum absolute atomic E-state index is 0.000179. The zero-order chi connectivity index (χ0) is 18.8. The molecule has 1 aliphatic heterocycles. The summed E-state index contributed by atoms with van der Waals surface area (Å²) < 4.78 is 5.15. The van der Waals surface area contributed by atoms with Crippen LogP contribution in [-0.4, -0.2) is 52.2 Å². The average molecular weight is 364 g/mol. The van der Waals surface area contributed by atoms with Crippen molar-refractivity contribution in [2.24, 2.45) is 0 Å². The highest BCUT2D eigenvalue weighted by Crippen LogP contribution is 2.27. The molecule has 2 aromatic carbocycles. The molecular weight excluding hydrogens is 344 g/mol. The van der Waals surface area contributed by atoms with Gasteiger partial charge in [0.2, 0.25) is 0 Å². The Hall–Kier alpha value is -3.35. The van der Waals surface area contributed by atoms with Crippen LogP contribution in [0.3, 0.4) is 0 Å². The first-order valence-corrected chi connectivity index (χ1v) is 8.85. The Kier molecular flexibility index (Phi) is 4.50. The molecule has 2 heterocycles. The van der Waals surface area contributed by atoms with Crippen LogP contribution >= 0.6 is 0 Å². The van der Waals surface area contributed by atoms with Crippen molar-refractivity contribution in [3.8, 4) is 17.2 Å². The summed E-state index contributed by atoms with van der Waals surface area (Å²) >= 11 is 0. The first kappa shape index (κ1) is 17.1. The number of hydrogen-bond donors (Lipinski definition) is 1. The van der Waals surface area contributed by atoms with Crippen LogP contribution < -0.4 is 4.90 Å². The lowest BCUT2D eigenvalue weighted by molar-refractivity contribution is 0.0746. The van der Waals surface area contributed by atoms with E-state index in [1.165, 1.54) is 0 Å². The number of nitrogens with zero attached hydrogens (tertiary/aromatic N) is 4. The number of para-hydroxylation sites is 2. The van der Waals surface area contributed by atoms with Gasteiger partial charge in [-0.25, -0.2) is 0 Å². The number of carbonyl (C=O) groups excluding carboxylic acids is 1. The maximum Gasteiger partial charge on any atom is 0.257 e. The minimum Gasteiger partial charge on any atom is -0.506 e. The predicted octanol–water partition coefficient (Wildman–Crippen LogP) is 2.71. The van der Waals surface area contributed by atoms with E-state index in [0.29, 0.717) is 43.5 Å². The number of phenols is 1. The molecule has 3 aromatic rings. The van der Waals surface area contributed by atoms with Crippen LogP contribution in [0.1, 0.15) is 16.2 Å². The molecule has 27 heavy (non-hydrogen) atoms. The van der Waals surface area contributed by atoms with Crippen molar-refractivity contribution in [2.45, 2.75) is 6.92 Å². The fraction of sp³-hybridized carbons (Fsp3) is 0.250. The Morgan fingerprint density at radius 3 is 2.37 bits per heavy atom. The van der Waals surface area contributed by atoms with Gasteiger partial charge in [-0.1, -0.05) is 17.3 Å². The van der Waals surface area contributed by atoms with Gasteiger partial charge in [0.25, 0.3) is 11.8 Å². The van der Waals surface area contributed by atoms with Crippen LogP contribution in [-0.2, 0) is 0 Å². The number of aromatic nitrogens is 2. The second-order valence-electron chi connectivity index (χ2n) is 6.49. The quantitative estimate of drug-likeness (QED) is 0.769. The van der Waals surface area contributed by atoms with E-state index in [2.05, 4.69) is 15.0 Å². The van der Waals surface area contributed by atoms with E-state index in [-0.39, 0.29) is 11.7 Å². The van der Waals surface area contributed by atoms with Gasteiger partial charge in [-0.15, -0.1) is 0 Å². The van der Waals surface area contributed by atoms with Gasteiger partial charge in [0.15, 0.2) is 5.82 Å². The molecular formula is C20H20N4O3. The normalized spacial score (nSPS) is 14.4. The van der Waals surface area contributed by atoms with Crippen molar-refractivity contribution in [3.05, 3.63) is 59.9 Å². The lowest BCUT2D eigenvalue weighted by Crippen LogP contribution is -2.48. The average Bonchev–Trinajstić information content (AvgIpc) is 3.14. The van der Waals surface area contributed by atoms with Crippen molar-refractivity contribution in [1.29, 1.82) is 0 Å². The molecule has 0 atom stereocenters. The fourth-order valence-corrected chi connectivity index (χ4v) is 3.23. The number of anilines is 1. The number of rotatable bonds is 3. The molecule has 0 radical (unpaired) electrons. The SMILES string of the molecule is Cc1noc(-c2ccc(C(=O)N3CCN(c4ccccc4O)CC3)cc2)n1. The molecule has 0 saturated carbocycles. The summed E-state index contributed by atoms with van der Waals surface area (Å²) in [6.45, 7) is 4.35. The summed E-state index contributed by atoms with van der Waals surface area (Å²) in [6, 6.07) is 14.5. The molecule has 1 amide bonds. The first-order chi connectivity index (χ1) is 13.1. The molecule has 0 aliphatic carbocycles. The second-order valence-corrected chi connectivity index (χ2v) is 6.49. The lowest BCUT2D eigenvalue weighted by Gasteiger charge is -2.36. The number of aryl methyl sites for hydroxylation is 1. The standard InChI is InChI=1S/C20H20N4O3/c1-14-21-19(27-22-14)15-6-8-16(9-7-15)20(26)24-12-10-23(11-13-24)17-4-2-3-5-18(17)25/h2-9,25H,10-13H2,1H3. The smallest absolute Gasteiger partial charge is 0.257 e. The third kappa shape index (κ3) is 3.48. The van der Waals surface area contributed by atoms with Crippen LogP contribution in [0.4, 0.5) is 5.69 Å². The van der Waals surface area contributed by atoms with Crippen molar-refractivity contribution in [3.63, 3.8) is 0 Å². The zero-order valence-corrected chi connectivity index (χ0v) is 15.0. The van der Waals surface area contributed by atoms with Crippen LogP contribution in [0.2, 0.25) is 0 Å². The predicted molar refractivity (Wildman–Crippen MR) is 101 cm³/mol. The first-order valence-electron chi connectivity index (χ1n) is 8.85. The highest BCUT2D eigenvalue weighted by atomic mass is 16.5. The number of piperazine rings is 1. The molecule has 7 heteroatoms. The fourth-order valence-electron chi connectivity index (χ4n) is 3.23. The van der Waals surface area contributed by atoms with Crippen molar-refractivity contribution in [1.82, 2.24) is 15.0 Å². The number of phenolic OH excluding ortho intramolecular Hbond substituents is 1. The maximum atomic E-state index is 12.8. The second kappa shape index (κ2) is 7.11. The number of aromatic hydroxyl groups is 1. The molecule has 0 bridgehead atoms. The highest BCUT2D eigenvalue weighted by Gasteiger charge is 2.23. The molecule has 138 valence electrons. The molecule has 1 aromatic heterocycles. The molecule has 1 N–H and O–H groups in total. The monoisotopic (exact) mass is 364 g/mol. The molecule has 1 saturated heterocycles. The maximum absolute atomic E-state index is 12.8. The third-order valence-corrected chi connectivity index (χ3v) is 4.70. The number of amides is 1. The van der Waals surface area contributed by atoms with Crippen LogP contribution in [0, 0.1) is 6.92 Å². The van der Waals surface area contributed by atoms with Gasteiger partial charge in [0.05, 0.1) is 5.69 Å². The van der Waals surface area contributed by atoms with Crippen LogP contribution in [0.5, 0.6) is 5.75 Å². The molecule has 4 rings (SSSR count). The summed E-state index contributed by atoms with van der Waals surface area (Å²) in [5.74, 6) is 1.29. The van der Waals surface area contributed by atoms with E-state index in [0.717, 1.165) is 11.3 Å². The Bertz CT molecular complexity index is 944. The van der Waals surface area contributed by atoms with E-state index < -0.39 is 0 Å². The van der Waals surface area contributed by atoms with Crippen molar-refractivity contribution < 1.29 is 14.4 Å². The molecule has 0 unspecified atom stereocenters. The third-order valence-electron chi connectivity index (χ3n) is 4.70. The highest BCUT2D eigenvalue weighted by molar-refractivity contribution is 5.94. The van der Waals surface area contributed by atoms with Gasteiger partial charge in [-0.2, -0.15) is 4.98 Å². The molecule has 0 spiro atoms. The Labute approximate surface area is 156 Å². The van der Waals surface area contributed by atoms with Gasteiger partial charge in [0.1, 0.15) is 5.75 Å². The molecule has 7 nitrogen and oxygen atoms in total. The van der Waals surface area contributed by atoms with E-state index in [4.69, 9.17) is 4.52 Å². The Morgan fingerprint density at radius 2 is 1.74 bits per heavy atom. The number of carbonyl (C=O) groups is 1. The van der Waals surface area contributed by atoms with Gasteiger partial charge in [-0.3, -0.25) is 4.79 Å². The topological polar surface area (TPSA) is 82.7 Å². The summed E-state index contributed by atoms with van der Waals surface area (Å²) in [5.41, 5.74) is 2.23. The summed E-state index contributed by atoms with van der Waals surface area (Å²) in [6.07, 6.45) is 0. The van der Waals surface area contributed by atoms with Gasteiger partial charge in [-0.05, 0) is 43.3 Å². The Balaban J connectivity index is 1.41. The van der Waals surface area contributed by atoms with Crippen molar-refractivity contribution >= 4 is 11.6 Å². The zero-order valence-electron chi connectivity index (χ0n) is 15.0. The van der Waals surface area contributed by atoms with Crippen LogP contribution in [0.15, 0.2) is 53.1 Å². The largest absolute Gasteiger partial charge is 0.506 e. The lowest BCUT2D eigenvalue weighted by atomic mass is 10.1. The van der Waals surface area contributed by atoms with E-state index >= 15 is 0 Å². The molecule has 1 fully saturated rings. The van der Waals surface area contributed by atoms with E-state index in [1.807, 2.05) is 29.2 Å². The van der Waals surface area contributed by atoms with Gasteiger partial charge < -0.3 is 19.4 Å². The van der Waals surface area contributed by atoms with E-state index in [9.17, 15) is 9.90 Å². The van der Waals surface area contributed by atoms with Gasteiger partial charge in [0, 0.05) is 37.3 Å². The number of benzene rings is 2. The minimum atomic E-state index is 0.000179. The van der Waals surface area contributed by atoms with Gasteiger partial charge >= 0.3 is 0 Å². The summed E-state index contributed by atoms with van der Waals surface area (Å²) in [5, 5.41) is 13.8. The number of hydrogen-bond acceptors (Lipinski definition) is 6. The van der Waals surface area contributed by atoms with Crippen molar-refractivity contribution in [2.75, 3.05) is 31.1 Å². The molecule has 1 aliphatic rings. The summed E-state index contributed by atoms with van der Waals surface area (Å²) in [4.78, 5) is 20.9. The van der Waals surface area contributed by atoms with E-state index in [1.54, 1.807) is 31.2 Å². The Morgan fingerprint density at radius 1 is 1.04 bits per heavy atom. The van der Waals surface area contributed by atoms with Crippen LogP contribution in [0.25, 0.3) is 11.5 Å². The summed E-state index contributed by atoms with van der Waals surface area (Å²) in [7, 11) is 0.